The first kappa shape index (κ1) is 15.1. The van der Waals surface area contributed by atoms with Gasteiger partial charge in [-0.2, -0.15) is 18.4 Å². The lowest BCUT2D eigenvalue weighted by atomic mass is 10.0. The average Bonchev–Trinajstić information content (AvgIpc) is 2.78. The van der Waals surface area contributed by atoms with Crippen LogP contribution in [0.25, 0.3) is 0 Å². The summed E-state index contributed by atoms with van der Waals surface area (Å²) >= 11 is 0. The number of hydrogen-bond donors (Lipinski definition) is 1. The fourth-order valence-electron chi connectivity index (χ4n) is 2.47. The maximum absolute atomic E-state index is 12.7. The molecule has 2 heterocycles. The van der Waals surface area contributed by atoms with E-state index in [4.69, 9.17) is 5.26 Å². The Bertz CT molecular complexity index is 610. The fraction of sp³-hybridized carbons (Fsp3) is 0.462. The molecule has 2 rings (SSSR count). The van der Waals surface area contributed by atoms with Gasteiger partial charge in [0.25, 0.3) is 0 Å². The van der Waals surface area contributed by atoms with Crippen LogP contribution < -0.4 is 4.90 Å². The standard InChI is InChI=1S/C13H12F3N3O2/c1-7-4-5-19(10(7)12(20)21)11-8(6-17)2-3-9(18-11)13(14,15)16/h2-3,7,10H,4-5H2,1H3,(H,20,21). The number of carbonyl (C=O) groups is 1. The minimum absolute atomic E-state index is 0.0663. The second kappa shape index (κ2) is 5.24. The smallest absolute Gasteiger partial charge is 0.433 e. The highest BCUT2D eigenvalue weighted by Crippen LogP contribution is 2.34. The third-order valence-corrected chi connectivity index (χ3v) is 3.51. The molecule has 2 atom stereocenters. The van der Waals surface area contributed by atoms with Gasteiger partial charge in [0.05, 0.1) is 5.56 Å². The molecule has 0 radical (unpaired) electrons. The van der Waals surface area contributed by atoms with Crippen LogP contribution in [0, 0.1) is 17.2 Å². The summed E-state index contributed by atoms with van der Waals surface area (Å²) in [5.74, 6) is -1.59. The molecule has 0 aliphatic carbocycles. The lowest BCUT2D eigenvalue weighted by Gasteiger charge is -2.25. The molecule has 1 aromatic heterocycles. The van der Waals surface area contributed by atoms with Crippen LogP contribution in [0.3, 0.4) is 0 Å². The number of carboxylic acid groups (broad SMARTS) is 1. The van der Waals surface area contributed by atoms with Crippen molar-refractivity contribution < 1.29 is 23.1 Å². The quantitative estimate of drug-likeness (QED) is 0.906. The van der Waals surface area contributed by atoms with E-state index in [0.717, 1.165) is 12.1 Å². The lowest BCUT2D eigenvalue weighted by Crippen LogP contribution is -2.40. The van der Waals surface area contributed by atoms with Gasteiger partial charge in [-0.1, -0.05) is 6.92 Å². The van der Waals surface area contributed by atoms with Crippen LogP contribution in [0.4, 0.5) is 19.0 Å². The van der Waals surface area contributed by atoms with Crippen LogP contribution >= 0.6 is 0 Å². The zero-order chi connectivity index (χ0) is 15.8. The first-order chi connectivity index (χ1) is 9.75. The molecule has 8 heteroatoms. The van der Waals surface area contributed by atoms with Crippen LogP contribution in [-0.4, -0.2) is 28.6 Å². The molecular weight excluding hydrogens is 287 g/mol. The first-order valence-electron chi connectivity index (χ1n) is 6.23. The van der Waals surface area contributed by atoms with E-state index in [1.807, 2.05) is 0 Å². The number of aromatic nitrogens is 1. The van der Waals surface area contributed by atoms with Crippen molar-refractivity contribution in [1.29, 1.82) is 5.26 Å². The number of anilines is 1. The van der Waals surface area contributed by atoms with Crippen LogP contribution in [0.15, 0.2) is 12.1 Å². The molecule has 1 saturated heterocycles. The third kappa shape index (κ3) is 2.77. The summed E-state index contributed by atoms with van der Waals surface area (Å²) in [6, 6.07) is 2.52. The van der Waals surface area contributed by atoms with Crippen molar-refractivity contribution >= 4 is 11.8 Å². The van der Waals surface area contributed by atoms with E-state index >= 15 is 0 Å². The van der Waals surface area contributed by atoms with Crippen molar-refractivity contribution in [2.75, 3.05) is 11.4 Å². The van der Waals surface area contributed by atoms with Crippen LogP contribution in [-0.2, 0) is 11.0 Å². The van der Waals surface area contributed by atoms with Gasteiger partial charge in [0.15, 0.2) is 0 Å². The first-order valence-corrected chi connectivity index (χ1v) is 6.23. The monoisotopic (exact) mass is 299 g/mol. The number of aliphatic carboxylic acids is 1. The topological polar surface area (TPSA) is 77.2 Å². The summed E-state index contributed by atoms with van der Waals surface area (Å²) in [4.78, 5) is 16.0. The molecular formula is C13H12F3N3O2. The maximum Gasteiger partial charge on any atom is 0.433 e. The van der Waals surface area contributed by atoms with Gasteiger partial charge < -0.3 is 10.0 Å². The van der Waals surface area contributed by atoms with Crippen molar-refractivity contribution in [1.82, 2.24) is 4.98 Å². The predicted molar refractivity (Wildman–Crippen MR) is 66.5 cm³/mol. The summed E-state index contributed by atoms with van der Waals surface area (Å²) in [7, 11) is 0. The van der Waals surface area contributed by atoms with Crippen LogP contribution in [0.2, 0.25) is 0 Å². The molecule has 1 aliphatic heterocycles. The Morgan fingerprint density at radius 3 is 2.71 bits per heavy atom. The molecule has 0 aromatic carbocycles. The molecule has 1 N–H and O–H groups in total. The summed E-state index contributed by atoms with van der Waals surface area (Å²) in [5, 5.41) is 18.3. The van der Waals surface area contributed by atoms with Crippen LogP contribution in [0.1, 0.15) is 24.6 Å². The molecule has 0 spiro atoms. The van der Waals surface area contributed by atoms with E-state index < -0.39 is 23.9 Å². The second-order valence-corrected chi connectivity index (χ2v) is 4.92. The summed E-state index contributed by atoms with van der Waals surface area (Å²) in [6.07, 6.45) is -4.13. The van der Waals surface area contributed by atoms with Crippen molar-refractivity contribution in [2.45, 2.75) is 25.6 Å². The van der Waals surface area contributed by atoms with Crippen molar-refractivity contribution in [3.05, 3.63) is 23.4 Å². The van der Waals surface area contributed by atoms with E-state index in [1.54, 1.807) is 13.0 Å². The van der Waals surface area contributed by atoms with Gasteiger partial charge in [-0.3, -0.25) is 0 Å². The fourth-order valence-corrected chi connectivity index (χ4v) is 2.47. The zero-order valence-corrected chi connectivity index (χ0v) is 11.1. The number of alkyl halides is 3. The summed E-state index contributed by atoms with van der Waals surface area (Å²) in [5.41, 5.74) is -1.21. The van der Waals surface area contributed by atoms with Gasteiger partial charge in [-0.05, 0) is 24.5 Å². The Hall–Kier alpha value is -2.30. The van der Waals surface area contributed by atoms with Gasteiger partial charge in [-0.15, -0.1) is 0 Å². The highest BCUT2D eigenvalue weighted by molar-refractivity contribution is 5.79. The Morgan fingerprint density at radius 1 is 1.52 bits per heavy atom. The number of pyridine rings is 1. The Morgan fingerprint density at radius 2 is 2.19 bits per heavy atom. The van der Waals surface area contributed by atoms with Crippen molar-refractivity contribution in [2.24, 2.45) is 5.92 Å². The number of rotatable bonds is 2. The minimum Gasteiger partial charge on any atom is -0.480 e. The largest absolute Gasteiger partial charge is 0.480 e. The SMILES string of the molecule is CC1CCN(c2nc(C(F)(F)F)ccc2C#N)C1C(=O)O. The van der Waals surface area contributed by atoms with E-state index in [2.05, 4.69) is 4.98 Å². The number of hydrogen-bond acceptors (Lipinski definition) is 4. The molecule has 1 aliphatic rings. The zero-order valence-electron chi connectivity index (χ0n) is 11.1. The minimum atomic E-state index is -4.65. The number of nitrogens with zero attached hydrogens (tertiary/aromatic N) is 3. The number of halogens is 3. The Kier molecular flexibility index (Phi) is 3.77. The van der Waals surface area contributed by atoms with Gasteiger partial charge >= 0.3 is 12.1 Å². The normalized spacial score (nSPS) is 22.1. The van der Waals surface area contributed by atoms with Gasteiger partial charge in [0, 0.05) is 6.54 Å². The molecule has 112 valence electrons. The van der Waals surface area contributed by atoms with Gasteiger partial charge in [0.2, 0.25) is 0 Å². The Labute approximate surface area is 118 Å². The molecule has 21 heavy (non-hydrogen) atoms. The molecule has 5 nitrogen and oxygen atoms in total. The number of nitriles is 1. The van der Waals surface area contributed by atoms with E-state index in [-0.39, 0.29) is 23.8 Å². The van der Waals surface area contributed by atoms with Gasteiger partial charge in [-0.25, -0.2) is 9.78 Å². The highest BCUT2D eigenvalue weighted by atomic mass is 19.4. The van der Waals surface area contributed by atoms with Crippen LogP contribution in [0.5, 0.6) is 0 Å². The van der Waals surface area contributed by atoms with E-state index in [1.165, 1.54) is 4.90 Å². The third-order valence-electron chi connectivity index (χ3n) is 3.51. The molecule has 0 amide bonds. The highest BCUT2D eigenvalue weighted by Gasteiger charge is 2.40. The summed E-state index contributed by atoms with van der Waals surface area (Å²) in [6.45, 7) is 1.96. The van der Waals surface area contributed by atoms with Gasteiger partial charge in [0.1, 0.15) is 23.6 Å². The summed E-state index contributed by atoms with van der Waals surface area (Å²) < 4.78 is 38.2. The maximum atomic E-state index is 12.7. The lowest BCUT2D eigenvalue weighted by molar-refractivity contribution is -0.141. The number of carboxylic acids is 1. The molecule has 0 saturated carbocycles. The molecule has 0 bridgehead atoms. The van der Waals surface area contributed by atoms with Crippen molar-refractivity contribution in [3.63, 3.8) is 0 Å². The Balaban J connectivity index is 2.52. The van der Waals surface area contributed by atoms with E-state index in [0.29, 0.717) is 6.42 Å². The van der Waals surface area contributed by atoms with Crippen molar-refractivity contribution in [3.8, 4) is 6.07 Å². The predicted octanol–water partition coefficient (Wildman–Crippen LogP) is 2.27. The second-order valence-electron chi connectivity index (χ2n) is 4.92. The molecule has 1 aromatic rings. The molecule has 2 unspecified atom stereocenters. The average molecular weight is 299 g/mol. The van der Waals surface area contributed by atoms with E-state index in [9.17, 15) is 23.1 Å². The molecule has 1 fully saturated rings.